The maximum absolute atomic E-state index is 4.66. The van der Waals surface area contributed by atoms with Gasteiger partial charge in [-0.3, -0.25) is 9.58 Å². The quantitative estimate of drug-likeness (QED) is 0.875. The van der Waals surface area contributed by atoms with Crippen molar-refractivity contribution >= 4 is 0 Å². The van der Waals surface area contributed by atoms with Crippen LogP contribution in [0.3, 0.4) is 0 Å². The zero-order chi connectivity index (χ0) is 13.1. The maximum Gasteiger partial charge on any atom is 0.0669 e. The summed E-state index contributed by atoms with van der Waals surface area (Å²) in [6.45, 7) is 11.1. The van der Waals surface area contributed by atoms with Crippen molar-refractivity contribution in [3.05, 3.63) is 17.0 Å². The van der Waals surface area contributed by atoms with Crippen molar-refractivity contribution in [1.82, 2.24) is 20.0 Å². The molecule has 0 amide bonds. The molecule has 0 spiro atoms. The predicted octanol–water partition coefficient (Wildman–Crippen LogP) is 1.34. The van der Waals surface area contributed by atoms with Gasteiger partial charge in [0.05, 0.1) is 5.69 Å². The minimum Gasteiger partial charge on any atom is -0.312 e. The van der Waals surface area contributed by atoms with Crippen LogP contribution < -0.4 is 5.32 Å². The van der Waals surface area contributed by atoms with Gasteiger partial charge in [0, 0.05) is 50.5 Å². The fourth-order valence-electron chi connectivity index (χ4n) is 2.95. The molecule has 0 bridgehead atoms. The second kappa shape index (κ2) is 5.85. The average Bonchev–Trinajstić information content (AvgIpc) is 2.65. The molecule has 102 valence electrons. The molecule has 0 aliphatic carbocycles. The monoisotopic (exact) mass is 250 g/mol. The Labute approximate surface area is 110 Å². The van der Waals surface area contributed by atoms with Crippen LogP contribution in [0, 0.1) is 0 Å². The summed E-state index contributed by atoms with van der Waals surface area (Å²) in [7, 11) is 2.07. The van der Waals surface area contributed by atoms with Crippen LogP contribution in [0.1, 0.15) is 37.7 Å². The third-order valence-corrected chi connectivity index (χ3v) is 3.86. The van der Waals surface area contributed by atoms with Gasteiger partial charge in [0.15, 0.2) is 0 Å². The van der Waals surface area contributed by atoms with Crippen molar-refractivity contribution in [2.24, 2.45) is 7.05 Å². The van der Waals surface area contributed by atoms with Crippen molar-refractivity contribution in [1.29, 1.82) is 0 Å². The van der Waals surface area contributed by atoms with E-state index in [-0.39, 0.29) is 0 Å². The van der Waals surface area contributed by atoms with E-state index in [0.717, 1.165) is 39.0 Å². The molecule has 1 aromatic rings. The summed E-state index contributed by atoms with van der Waals surface area (Å²) in [5.74, 6) is 0. The minimum absolute atomic E-state index is 0.602. The van der Waals surface area contributed by atoms with Crippen LogP contribution in [0.25, 0.3) is 0 Å². The lowest BCUT2D eigenvalue weighted by atomic mass is 10.1. The molecule has 2 rings (SSSR count). The van der Waals surface area contributed by atoms with E-state index in [1.54, 1.807) is 0 Å². The number of aryl methyl sites for hydroxylation is 2. The SMILES string of the molecule is CCc1nn(C)c(CC)c1CN1CCNC(C)C1. The molecule has 1 unspecified atom stereocenters. The van der Waals surface area contributed by atoms with Gasteiger partial charge < -0.3 is 5.32 Å². The summed E-state index contributed by atoms with van der Waals surface area (Å²) >= 11 is 0. The van der Waals surface area contributed by atoms with Crippen LogP contribution in [-0.4, -0.2) is 40.4 Å². The first kappa shape index (κ1) is 13.6. The molecular formula is C14H26N4. The third kappa shape index (κ3) is 2.75. The molecule has 1 aromatic heterocycles. The molecule has 18 heavy (non-hydrogen) atoms. The fourth-order valence-corrected chi connectivity index (χ4v) is 2.95. The number of aromatic nitrogens is 2. The molecule has 1 N–H and O–H groups in total. The largest absolute Gasteiger partial charge is 0.312 e. The van der Waals surface area contributed by atoms with Gasteiger partial charge in [0.25, 0.3) is 0 Å². The molecule has 0 radical (unpaired) electrons. The maximum atomic E-state index is 4.66. The lowest BCUT2D eigenvalue weighted by molar-refractivity contribution is 0.199. The molecule has 1 saturated heterocycles. The van der Waals surface area contributed by atoms with E-state index in [0.29, 0.717) is 6.04 Å². The highest BCUT2D eigenvalue weighted by Crippen LogP contribution is 2.18. The number of nitrogens with zero attached hydrogens (tertiary/aromatic N) is 3. The Hall–Kier alpha value is -0.870. The topological polar surface area (TPSA) is 33.1 Å². The third-order valence-electron chi connectivity index (χ3n) is 3.86. The standard InChI is InChI=1S/C14H26N4/c1-5-13-12(14(6-2)17(4)16-13)10-18-8-7-15-11(3)9-18/h11,15H,5-10H2,1-4H3. The highest BCUT2D eigenvalue weighted by atomic mass is 15.3. The van der Waals surface area contributed by atoms with Gasteiger partial charge in [-0.05, 0) is 19.8 Å². The molecule has 4 nitrogen and oxygen atoms in total. The fraction of sp³-hybridized carbons (Fsp3) is 0.786. The summed E-state index contributed by atoms with van der Waals surface area (Å²) in [6, 6.07) is 0.602. The summed E-state index contributed by atoms with van der Waals surface area (Å²) in [5, 5.41) is 8.16. The van der Waals surface area contributed by atoms with Gasteiger partial charge in [-0.25, -0.2) is 0 Å². The van der Waals surface area contributed by atoms with E-state index >= 15 is 0 Å². The highest BCUT2D eigenvalue weighted by Gasteiger charge is 2.20. The van der Waals surface area contributed by atoms with Crippen LogP contribution in [-0.2, 0) is 26.4 Å². The molecule has 1 aliphatic heterocycles. The molecule has 2 heterocycles. The van der Waals surface area contributed by atoms with E-state index in [9.17, 15) is 0 Å². The van der Waals surface area contributed by atoms with E-state index in [4.69, 9.17) is 0 Å². The average molecular weight is 250 g/mol. The number of rotatable bonds is 4. The van der Waals surface area contributed by atoms with Crippen molar-refractivity contribution in [3.63, 3.8) is 0 Å². The van der Waals surface area contributed by atoms with Gasteiger partial charge >= 0.3 is 0 Å². The zero-order valence-corrected chi connectivity index (χ0v) is 12.2. The van der Waals surface area contributed by atoms with E-state index in [1.165, 1.54) is 17.0 Å². The molecule has 1 atom stereocenters. The Morgan fingerprint density at radius 2 is 2.11 bits per heavy atom. The first-order valence-electron chi connectivity index (χ1n) is 7.15. The van der Waals surface area contributed by atoms with E-state index in [2.05, 4.69) is 47.8 Å². The molecular weight excluding hydrogens is 224 g/mol. The Morgan fingerprint density at radius 3 is 2.72 bits per heavy atom. The Bertz CT molecular complexity index is 397. The molecule has 4 heteroatoms. The number of nitrogens with one attached hydrogen (secondary N) is 1. The van der Waals surface area contributed by atoms with Crippen molar-refractivity contribution in [3.8, 4) is 0 Å². The van der Waals surface area contributed by atoms with Crippen molar-refractivity contribution in [2.45, 2.75) is 46.2 Å². The molecule has 0 aromatic carbocycles. The number of piperazine rings is 1. The smallest absolute Gasteiger partial charge is 0.0669 e. The van der Waals surface area contributed by atoms with Crippen LogP contribution in [0.2, 0.25) is 0 Å². The number of hydrogen-bond acceptors (Lipinski definition) is 3. The van der Waals surface area contributed by atoms with Crippen LogP contribution in [0.4, 0.5) is 0 Å². The summed E-state index contributed by atoms with van der Waals surface area (Å²) < 4.78 is 2.07. The van der Waals surface area contributed by atoms with Gasteiger partial charge in [-0.1, -0.05) is 13.8 Å². The summed E-state index contributed by atoms with van der Waals surface area (Å²) in [6.07, 6.45) is 2.10. The second-order valence-corrected chi connectivity index (χ2v) is 5.29. The van der Waals surface area contributed by atoms with Crippen LogP contribution in [0.15, 0.2) is 0 Å². The molecule has 1 aliphatic rings. The molecule has 0 saturated carbocycles. The summed E-state index contributed by atoms with van der Waals surface area (Å²) in [5.41, 5.74) is 4.15. The zero-order valence-electron chi connectivity index (χ0n) is 12.2. The minimum atomic E-state index is 0.602. The Balaban J connectivity index is 2.16. The lowest BCUT2D eigenvalue weighted by Crippen LogP contribution is -2.48. The van der Waals surface area contributed by atoms with Crippen molar-refractivity contribution in [2.75, 3.05) is 19.6 Å². The Morgan fingerprint density at radius 1 is 1.33 bits per heavy atom. The lowest BCUT2D eigenvalue weighted by Gasteiger charge is -2.32. The van der Waals surface area contributed by atoms with Gasteiger partial charge in [0.2, 0.25) is 0 Å². The van der Waals surface area contributed by atoms with Crippen LogP contribution >= 0.6 is 0 Å². The van der Waals surface area contributed by atoms with Crippen molar-refractivity contribution < 1.29 is 0 Å². The Kier molecular flexibility index (Phi) is 4.40. The first-order valence-corrected chi connectivity index (χ1v) is 7.15. The number of hydrogen-bond donors (Lipinski definition) is 1. The van der Waals surface area contributed by atoms with E-state index in [1.807, 2.05) is 0 Å². The predicted molar refractivity (Wildman–Crippen MR) is 74.7 cm³/mol. The van der Waals surface area contributed by atoms with E-state index < -0.39 is 0 Å². The van der Waals surface area contributed by atoms with Gasteiger partial charge in [-0.15, -0.1) is 0 Å². The highest BCUT2D eigenvalue weighted by molar-refractivity contribution is 5.26. The first-order chi connectivity index (χ1) is 8.65. The molecule has 1 fully saturated rings. The summed E-state index contributed by atoms with van der Waals surface area (Å²) in [4.78, 5) is 2.55. The van der Waals surface area contributed by atoms with Crippen LogP contribution in [0.5, 0.6) is 0 Å². The van der Waals surface area contributed by atoms with Gasteiger partial charge in [0.1, 0.15) is 0 Å². The normalized spacial score (nSPS) is 21.4. The second-order valence-electron chi connectivity index (χ2n) is 5.29. The van der Waals surface area contributed by atoms with Gasteiger partial charge in [-0.2, -0.15) is 5.10 Å².